The predicted octanol–water partition coefficient (Wildman–Crippen LogP) is 4.08. The number of carbonyl (C=O) groups is 2. The molecule has 0 saturated carbocycles. The maximum atomic E-state index is 10.9. The minimum Gasteiger partial charge on any atom is -0.298 e. The van der Waals surface area contributed by atoms with Crippen LogP contribution in [-0.4, -0.2) is 20.6 Å². The second-order valence-electron chi connectivity index (χ2n) is 6.62. The molecule has 0 fully saturated rings. The third kappa shape index (κ3) is 4.29. The molecule has 0 saturated heterocycles. The summed E-state index contributed by atoms with van der Waals surface area (Å²) < 4.78 is 0. The highest BCUT2D eigenvalue weighted by molar-refractivity contribution is 7.01. The average Bonchev–Trinajstić information content (AvgIpc) is 2.65. The van der Waals surface area contributed by atoms with Crippen molar-refractivity contribution in [3.63, 3.8) is 0 Å². The number of unbranched alkanes of at least 4 members (excludes halogenated alkanes) is 3. The fourth-order valence-corrected chi connectivity index (χ4v) is 6.89. The smallest absolute Gasteiger partial charge is 0.150 e. The van der Waals surface area contributed by atoms with Crippen molar-refractivity contribution in [2.75, 3.05) is 0 Å². The van der Waals surface area contributed by atoms with E-state index in [1.807, 2.05) is 24.3 Å². The van der Waals surface area contributed by atoms with E-state index in [-0.39, 0.29) is 0 Å². The standard InChI is InChI=1S/C21H26O2Si/c1-3-4-5-6-15-24(2,20-11-7-18(16-22)8-12-20)21-13-9-19(17-23)10-14-21/h7-14,16-17H,3-6,15H2,1-2H3. The van der Waals surface area contributed by atoms with Gasteiger partial charge in [0.15, 0.2) is 0 Å². The topological polar surface area (TPSA) is 34.1 Å². The van der Waals surface area contributed by atoms with E-state index in [0.717, 1.165) is 23.7 Å². The Morgan fingerprint density at radius 1 is 0.750 bits per heavy atom. The second kappa shape index (κ2) is 8.74. The molecule has 24 heavy (non-hydrogen) atoms. The minimum atomic E-state index is -1.85. The van der Waals surface area contributed by atoms with Gasteiger partial charge in [-0.15, -0.1) is 0 Å². The molecule has 0 atom stereocenters. The molecule has 0 N–H and O–H groups in total. The number of benzene rings is 2. The molecule has 0 aliphatic rings. The lowest BCUT2D eigenvalue weighted by molar-refractivity contribution is 0.111. The summed E-state index contributed by atoms with van der Waals surface area (Å²) in [4.78, 5) is 21.9. The van der Waals surface area contributed by atoms with Gasteiger partial charge in [0.05, 0.1) is 0 Å². The predicted molar refractivity (Wildman–Crippen MR) is 103 cm³/mol. The molecular weight excluding hydrogens is 312 g/mol. The lowest BCUT2D eigenvalue weighted by Crippen LogP contribution is -2.55. The molecule has 2 aromatic rings. The molecule has 0 aliphatic heterocycles. The SMILES string of the molecule is CCCCCC[Si](C)(c1ccc(C=O)cc1)c1ccc(C=O)cc1. The molecule has 3 heteroatoms. The molecule has 0 spiro atoms. The number of hydrogen-bond donors (Lipinski definition) is 0. The second-order valence-corrected chi connectivity index (χ2v) is 10.9. The van der Waals surface area contributed by atoms with E-state index in [0.29, 0.717) is 0 Å². The molecule has 2 aromatic carbocycles. The van der Waals surface area contributed by atoms with Crippen LogP contribution in [0.4, 0.5) is 0 Å². The van der Waals surface area contributed by atoms with E-state index in [1.54, 1.807) is 0 Å². The van der Waals surface area contributed by atoms with Gasteiger partial charge in [-0.25, -0.2) is 0 Å². The van der Waals surface area contributed by atoms with Crippen molar-refractivity contribution >= 4 is 31.0 Å². The molecule has 0 radical (unpaired) electrons. The molecule has 2 rings (SSSR count). The lowest BCUT2D eigenvalue weighted by atomic mass is 10.2. The van der Waals surface area contributed by atoms with Gasteiger partial charge < -0.3 is 0 Å². The molecule has 2 nitrogen and oxygen atoms in total. The summed E-state index contributed by atoms with van der Waals surface area (Å²) in [6.45, 7) is 4.62. The highest BCUT2D eigenvalue weighted by atomic mass is 28.3. The van der Waals surface area contributed by atoms with Crippen LogP contribution < -0.4 is 10.4 Å². The average molecular weight is 339 g/mol. The Morgan fingerprint density at radius 2 is 1.21 bits per heavy atom. The summed E-state index contributed by atoms with van der Waals surface area (Å²) in [6.07, 6.45) is 6.78. The van der Waals surface area contributed by atoms with Crippen LogP contribution in [0.25, 0.3) is 0 Å². The monoisotopic (exact) mass is 338 g/mol. The zero-order valence-corrected chi connectivity index (χ0v) is 15.6. The molecule has 0 amide bonds. The Labute approximate surface area is 145 Å². The zero-order valence-electron chi connectivity index (χ0n) is 14.6. The Balaban J connectivity index is 2.34. The van der Waals surface area contributed by atoms with Gasteiger partial charge in [-0.05, 0) is 6.04 Å². The van der Waals surface area contributed by atoms with Gasteiger partial charge in [-0.3, -0.25) is 9.59 Å². The van der Waals surface area contributed by atoms with Crippen LogP contribution in [0.2, 0.25) is 12.6 Å². The van der Waals surface area contributed by atoms with E-state index in [2.05, 4.69) is 37.7 Å². The summed E-state index contributed by atoms with van der Waals surface area (Å²) in [5.41, 5.74) is 1.44. The van der Waals surface area contributed by atoms with Crippen LogP contribution in [0.15, 0.2) is 48.5 Å². The Kier molecular flexibility index (Phi) is 6.68. The molecule has 0 aliphatic carbocycles. The first-order valence-electron chi connectivity index (χ1n) is 8.75. The first-order valence-corrected chi connectivity index (χ1v) is 11.5. The molecular formula is C21H26O2Si. The van der Waals surface area contributed by atoms with Crippen LogP contribution in [-0.2, 0) is 0 Å². The third-order valence-corrected chi connectivity index (χ3v) is 9.47. The fraction of sp³-hybridized carbons (Fsp3) is 0.333. The quantitative estimate of drug-likeness (QED) is 0.392. The number of carbonyl (C=O) groups excluding carboxylic acids is 2. The van der Waals surface area contributed by atoms with E-state index in [9.17, 15) is 9.59 Å². The molecule has 0 bridgehead atoms. The van der Waals surface area contributed by atoms with E-state index < -0.39 is 8.07 Å². The summed E-state index contributed by atoms with van der Waals surface area (Å²) in [7, 11) is -1.85. The number of hydrogen-bond acceptors (Lipinski definition) is 2. The number of rotatable bonds is 9. The highest BCUT2D eigenvalue weighted by Gasteiger charge is 2.31. The maximum Gasteiger partial charge on any atom is 0.150 e. The first kappa shape index (κ1) is 18.3. The minimum absolute atomic E-state index is 0.720. The zero-order chi connectivity index (χ0) is 17.4. The first-order chi connectivity index (χ1) is 11.6. The van der Waals surface area contributed by atoms with Crippen molar-refractivity contribution in [1.82, 2.24) is 0 Å². The van der Waals surface area contributed by atoms with E-state index >= 15 is 0 Å². The van der Waals surface area contributed by atoms with Crippen LogP contribution in [0.3, 0.4) is 0 Å². The van der Waals surface area contributed by atoms with Gasteiger partial charge in [0, 0.05) is 11.1 Å². The van der Waals surface area contributed by atoms with Gasteiger partial charge in [0.25, 0.3) is 0 Å². The van der Waals surface area contributed by atoms with Gasteiger partial charge in [-0.1, -0.05) is 98.1 Å². The van der Waals surface area contributed by atoms with E-state index in [1.165, 1.54) is 42.1 Å². The van der Waals surface area contributed by atoms with Crippen LogP contribution in [0.5, 0.6) is 0 Å². The summed E-state index contributed by atoms with van der Waals surface area (Å²) in [6, 6.07) is 17.3. The van der Waals surface area contributed by atoms with Gasteiger partial charge in [0.1, 0.15) is 20.6 Å². The Bertz CT molecular complexity index is 608. The van der Waals surface area contributed by atoms with Crippen LogP contribution in [0, 0.1) is 0 Å². The normalized spacial score (nSPS) is 11.2. The number of aldehydes is 2. The van der Waals surface area contributed by atoms with Crippen LogP contribution in [0.1, 0.15) is 53.3 Å². The lowest BCUT2D eigenvalue weighted by Gasteiger charge is -2.29. The van der Waals surface area contributed by atoms with Crippen LogP contribution >= 0.6 is 0 Å². The Morgan fingerprint density at radius 3 is 1.58 bits per heavy atom. The Hall–Kier alpha value is -2.00. The van der Waals surface area contributed by atoms with Crippen molar-refractivity contribution < 1.29 is 9.59 Å². The summed E-state index contributed by atoms with van der Waals surface area (Å²) in [5, 5.41) is 2.70. The largest absolute Gasteiger partial charge is 0.298 e. The van der Waals surface area contributed by atoms with Gasteiger partial charge >= 0.3 is 0 Å². The fourth-order valence-electron chi connectivity index (χ4n) is 3.22. The van der Waals surface area contributed by atoms with Crippen molar-refractivity contribution in [2.24, 2.45) is 0 Å². The van der Waals surface area contributed by atoms with Gasteiger partial charge in [0.2, 0.25) is 0 Å². The molecule has 0 heterocycles. The maximum absolute atomic E-state index is 10.9. The molecule has 0 aromatic heterocycles. The third-order valence-electron chi connectivity index (χ3n) is 4.90. The summed E-state index contributed by atoms with van der Waals surface area (Å²) >= 11 is 0. The highest BCUT2D eigenvalue weighted by Crippen LogP contribution is 2.17. The van der Waals surface area contributed by atoms with E-state index in [4.69, 9.17) is 0 Å². The van der Waals surface area contributed by atoms with Crippen molar-refractivity contribution in [1.29, 1.82) is 0 Å². The van der Waals surface area contributed by atoms with Crippen molar-refractivity contribution in [3.05, 3.63) is 59.7 Å². The molecule has 126 valence electrons. The molecule has 0 unspecified atom stereocenters. The summed E-state index contributed by atoms with van der Waals surface area (Å²) in [5.74, 6) is 0. The van der Waals surface area contributed by atoms with Crippen molar-refractivity contribution in [2.45, 2.75) is 45.2 Å². The van der Waals surface area contributed by atoms with Gasteiger partial charge in [-0.2, -0.15) is 0 Å². The van der Waals surface area contributed by atoms with Crippen molar-refractivity contribution in [3.8, 4) is 0 Å².